The maximum absolute atomic E-state index is 10.8. The van der Waals surface area contributed by atoms with Crippen molar-refractivity contribution < 1.29 is 14.6 Å². The minimum absolute atomic E-state index is 0.559. The Kier molecular flexibility index (Phi) is 4.60. The van der Waals surface area contributed by atoms with Crippen molar-refractivity contribution in [3.63, 3.8) is 0 Å². The fourth-order valence-corrected chi connectivity index (χ4v) is 2.75. The summed E-state index contributed by atoms with van der Waals surface area (Å²) in [5, 5.41) is 10.5. The molecule has 0 aromatic heterocycles. The van der Waals surface area contributed by atoms with E-state index >= 15 is 0 Å². The molecule has 0 saturated carbocycles. The van der Waals surface area contributed by atoms with E-state index in [1.807, 2.05) is 24.1 Å². The lowest BCUT2D eigenvalue weighted by molar-refractivity contribution is -0.0572. The number of halogens is 1. The highest BCUT2D eigenvalue weighted by Gasteiger charge is 2.31. The summed E-state index contributed by atoms with van der Waals surface area (Å²) in [6.45, 7) is 1.78. The molecule has 0 unspecified atom stereocenters. The number of anilines is 1. The van der Waals surface area contributed by atoms with Gasteiger partial charge in [0.1, 0.15) is 0 Å². The van der Waals surface area contributed by atoms with Crippen LogP contribution in [0.15, 0.2) is 22.7 Å². The highest BCUT2D eigenvalue weighted by molar-refractivity contribution is 9.10. The van der Waals surface area contributed by atoms with Crippen LogP contribution in [0.3, 0.4) is 0 Å². The van der Waals surface area contributed by atoms with Gasteiger partial charge in [-0.05, 0) is 34.1 Å². The number of hydrogen-bond acceptors (Lipinski definition) is 4. The molecular weight excluding hydrogens is 310 g/mol. The van der Waals surface area contributed by atoms with Crippen LogP contribution in [0, 0.1) is 0 Å². The predicted octanol–water partition coefficient (Wildman–Crippen LogP) is 2.24. The number of carbonyl (C=O) groups excluding carboxylic acids is 1. The van der Waals surface area contributed by atoms with Gasteiger partial charge in [-0.2, -0.15) is 0 Å². The summed E-state index contributed by atoms with van der Waals surface area (Å²) in [5.41, 5.74) is 0.905. The van der Waals surface area contributed by atoms with Gasteiger partial charge in [0.25, 0.3) is 0 Å². The molecule has 1 aliphatic rings. The van der Waals surface area contributed by atoms with E-state index in [2.05, 4.69) is 15.9 Å². The monoisotopic (exact) mass is 327 g/mol. The van der Waals surface area contributed by atoms with Crippen molar-refractivity contribution in [1.29, 1.82) is 0 Å². The minimum Gasteiger partial charge on any atom is -0.388 e. The van der Waals surface area contributed by atoms with Crippen LogP contribution in [0.5, 0.6) is 0 Å². The Labute approximate surface area is 121 Å². The molecule has 1 aromatic rings. The summed E-state index contributed by atoms with van der Waals surface area (Å²) in [5.74, 6) is 0. The van der Waals surface area contributed by atoms with Crippen LogP contribution in [0.1, 0.15) is 23.2 Å². The van der Waals surface area contributed by atoms with Gasteiger partial charge in [0.2, 0.25) is 0 Å². The maximum Gasteiger partial charge on any atom is 0.151 e. The van der Waals surface area contributed by atoms with E-state index in [4.69, 9.17) is 4.74 Å². The van der Waals surface area contributed by atoms with E-state index in [1.54, 1.807) is 6.07 Å². The van der Waals surface area contributed by atoms with Gasteiger partial charge in [0, 0.05) is 55.4 Å². The average molecular weight is 328 g/mol. The third-order valence-corrected chi connectivity index (χ3v) is 4.19. The molecule has 0 radical (unpaired) electrons. The number of aliphatic hydroxyl groups is 1. The first-order valence-electron chi connectivity index (χ1n) is 6.30. The van der Waals surface area contributed by atoms with E-state index in [1.165, 1.54) is 0 Å². The second-order valence-electron chi connectivity index (χ2n) is 5.02. The summed E-state index contributed by atoms with van der Waals surface area (Å²) in [6, 6.07) is 5.56. The van der Waals surface area contributed by atoms with Gasteiger partial charge in [-0.15, -0.1) is 0 Å². The van der Waals surface area contributed by atoms with E-state index < -0.39 is 5.60 Å². The zero-order valence-corrected chi connectivity index (χ0v) is 12.5. The lowest BCUT2D eigenvalue weighted by Gasteiger charge is -2.36. The second-order valence-corrected chi connectivity index (χ2v) is 5.87. The third kappa shape index (κ3) is 3.55. The fourth-order valence-electron chi connectivity index (χ4n) is 2.29. The molecule has 0 spiro atoms. The molecule has 1 heterocycles. The molecule has 104 valence electrons. The van der Waals surface area contributed by atoms with E-state index in [9.17, 15) is 9.90 Å². The zero-order valence-electron chi connectivity index (χ0n) is 10.9. The summed E-state index contributed by atoms with van der Waals surface area (Å²) in [6.07, 6.45) is 2.13. The number of rotatable bonds is 4. The number of nitrogens with zero attached hydrogens (tertiary/aromatic N) is 1. The number of hydrogen-bond donors (Lipinski definition) is 1. The van der Waals surface area contributed by atoms with E-state index in [0.717, 1.165) is 16.4 Å². The van der Waals surface area contributed by atoms with Gasteiger partial charge in [0.15, 0.2) is 6.29 Å². The Balaban J connectivity index is 2.08. The van der Waals surface area contributed by atoms with Crippen LogP contribution < -0.4 is 4.90 Å². The van der Waals surface area contributed by atoms with Crippen molar-refractivity contribution in [2.45, 2.75) is 18.4 Å². The number of ether oxygens (including phenoxy) is 1. The summed E-state index contributed by atoms with van der Waals surface area (Å²) >= 11 is 3.37. The fraction of sp³-hybridized carbons (Fsp3) is 0.500. The van der Waals surface area contributed by atoms with Crippen molar-refractivity contribution in [2.75, 3.05) is 31.7 Å². The first-order chi connectivity index (χ1) is 9.04. The third-order valence-electron chi connectivity index (χ3n) is 3.51. The molecule has 2 rings (SSSR count). The minimum atomic E-state index is -0.692. The van der Waals surface area contributed by atoms with Crippen LogP contribution in [-0.4, -0.2) is 43.8 Å². The molecule has 0 bridgehead atoms. The number of carbonyl (C=O) groups is 1. The molecule has 0 amide bonds. The normalized spacial score (nSPS) is 18.1. The predicted molar refractivity (Wildman–Crippen MR) is 77.8 cm³/mol. The molecule has 19 heavy (non-hydrogen) atoms. The molecular formula is C14H18BrNO3. The largest absolute Gasteiger partial charge is 0.388 e. The SMILES string of the molecule is CN(CC1(O)CCOCC1)c1ccc(C=O)c(Br)c1. The number of likely N-dealkylation sites (N-methyl/N-ethyl adjacent to an activating group) is 1. The smallest absolute Gasteiger partial charge is 0.151 e. The van der Waals surface area contributed by atoms with Crippen LogP contribution in [0.4, 0.5) is 5.69 Å². The Morgan fingerprint density at radius 1 is 1.47 bits per heavy atom. The van der Waals surface area contributed by atoms with Gasteiger partial charge in [-0.1, -0.05) is 0 Å². The summed E-state index contributed by atoms with van der Waals surface area (Å²) in [7, 11) is 1.94. The van der Waals surface area contributed by atoms with Crippen molar-refractivity contribution in [1.82, 2.24) is 0 Å². The Hall–Kier alpha value is -0.910. The lowest BCUT2D eigenvalue weighted by Crippen LogP contribution is -2.45. The molecule has 1 aromatic carbocycles. The van der Waals surface area contributed by atoms with Crippen LogP contribution in [0.2, 0.25) is 0 Å². The van der Waals surface area contributed by atoms with Gasteiger partial charge in [-0.3, -0.25) is 4.79 Å². The maximum atomic E-state index is 10.8. The van der Waals surface area contributed by atoms with Gasteiger partial charge in [-0.25, -0.2) is 0 Å². The summed E-state index contributed by atoms with van der Waals surface area (Å²) < 4.78 is 6.05. The molecule has 1 N–H and O–H groups in total. The van der Waals surface area contributed by atoms with Gasteiger partial charge < -0.3 is 14.7 Å². The van der Waals surface area contributed by atoms with Gasteiger partial charge >= 0.3 is 0 Å². The highest BCUT2D eigenvalue weighted by atomic mass is 79.9. The Morgan fingerprint density at radius 3 is 2.74 bits per heavy atom. The highest BCUT2D eigenvalue weighted by Crippen LogP contribution is 2.26. The first-order valence-corrected chi connectivity index (χ1v) is 7.09. The molecule has 0 aliphatic carbocycles. The molecule has 1 fully saturated rings. The van der Waals surface area contributed by atoms with Crippen LogP contribution in [-0.2, 0) is 4.74 Å². The number of benzene rings is 1. The quantitative estimate of drug-likeness (QED) is 0.862. The van der Waals surface area contributed by atoms with Crippen molar-refractivity contribution in [3.8, 4) is 0 Å². The molecule has 1 aliphatic heterocycles. The Bertz CT molecular complexity index is 458. The molecule has 4 nitrogen and oxygen atoms in total. The van der Waals surface area contributed by atoms with Crippen molar-refractivity contribution in [2.24, 2.45) is 0 Å². The standard InChI is InChI=1S/C14H18BrNO3/c1-16(10-14(18)4-6-19-7-5-14)12-3-2-11(9-17)13(15)8-12/h2-3,8-9,18H,4-7,10H2,1H3. The molecule has 1 saturated heterocycles. The van der Waals surface area contributed by atoms with Crippen LogP contribution in [0.25, 0.3) is 0 Å². The van der Waals surface area contributed by atoms with Gasteiger partial charge in [0.05, 0.1) is 5.60 Å². The Morgan fingerprint density at radius 2 is 2.16 bits per heavy atom. The zero-order chi connectivity index (χ0) is 13.9. The van der Waals surface area contributed by atoms with Crippen molar-refractivity contribution >= 4 is 27.9 Å². The van der Waals surface area contributed by atoms with Crippen molar-refractivity contribution in [3.05, 3.63) is 28.2 Å². The first kappa shape index (κ1) is 14.5. The van der Waals surface area contributed by atoms with Crippen LogP contribution >= 0.6 is 15.9 Å². The van der Waals surface area contributed by atoms with E-state index in [-0.39, 0.29) is 0 Å². The van der Waals surface area contributed by atoms with E-state index in [0.29, 0.717) is 38.2 Å². The molecule has 0 atom stereocenters. The lowest BCUT2D eigenvalue weighted by atomic mass is 9.94. The molecule has 5 heteroatoms. The topological polar surface area (TPSA) is 49.8 Å². The second kappa shape index (κ2) is 6.03. The summed E-state index contributed by atoms with van der Waals surface area (Å²) in [4.78, 5) is 12.8. The average Bonchev–Trinajstić information content (AvgIpc) is 2.39. The number of aldehydes is 1.